The highest BCUT2D eigenvalue weighted by Crippen LogP contribution is 2.34. The Balaban J connectivity index is 1.58. The van der Waals surface area contributed by atoms with Gasteiger partial charge in [-0.2, -0.15) is 9.97 Å². The molecule has 0 fully saturated rings. The minimum atomic E-state index is -0.467. The summed E-state index contributed by atoms with van der Waals surface area (Å²) in [6.45, 7) is 8.93. The summed E-state index contributed by atoms with van der Waals surface area (Å²) < 4.78 is 47.5. The van der Waals surface area contributed by atoms with Gasteiger partial charge in [-0.1, -0.05) is 13.3 Å². The third-order valence-electron chi connectivity index (χ3n) is 9.99. The van der Waals surface area contributed by atoms with Crippen LogP contribution in [-0.4, -0.2) is 115 Å². The lowest BCUT2D eigenvalue weighted by Crippen LogP contribution is -2.47. The van der Waals surface area contributed by atoms with Crippen LogP contribution >= 0.6 is 0 Å². The second-order valence-electron chi connectivity index (χ2n) is 15.1. The van der Waals surface area contributed by atoms with Gasteiger partial charge in [-0.25, -0.2) is 14.3 Å². The van der Waals surface area contributed by atoms with Crippen molar-refractivity contribution < 1.29 is 47.8 Å². The van der Waals surface area contributed by atoms with Gasteiger partial charge in [-0.05, 0) is 57.5 Å². The Labute approximate surface area is 357 Å². The zero-order valence-electron chi connectivity index (χ0n) is 36.9. The van der Waals surface area contributed by atoms with Crippen LogP contribution in [0.2, 0.25) is 0 Å². The first kappa shape index (κ1) is 45.8. The number of ether oxygens (including phenoxy) is 8. The number of hydrogen-bond acceptors (Lipinski definition) is 15. The van der Waals surface area contributed by atoms with E-state index in [1.54, 1.807) is 57.2 Å². The van der Waals surface area contributed by atoms with Crippen molar-refractivity contribution in [1.29, 1.82) is 0 Å². The third kappa shape index (κ3) is 11.5. The molecule has 1 N–H and O–H groups in total. The first-order valence-electron chi connectivity index (χ1n) is 20.1. The van der Waals surface area contributed by atoms with Crippen molar-refractivity contribution in [3.8, 4) is 40.8 Å². The Morgan fingerprint density at radius 1 is 0.820 bits per heavy atom. The Morgan fingerprint density at radius 2 is 1.46 bits per heavy atom. The van der Waals surface area contributed by atoms with Crippen molar-refractivity contribution in [2.75, 3.05) is 67.3 Å². The van der Waals surface area contributed by atoms with Crippen molar-refractivity contribution in [1.82, 2.24) is 29.5 Å². The van der Waals surface area contributed by atoms with Gasteiger partial charge in [-0.15, -0.1) is 5.10 Å². The lowest BCUT2D eigenvalue weighted by molar-refractivity contribution is 0.0739. The van der Waals surface area contributed by atoms with E-state index in [-0.39, 0.29) is 25.3 Å². The van der Waals surface area contributed by atoms with Gasteiger partial charge in [0.05, 0.1) is 61.1 Å². The monoisotopic (exact) mass is 845 g/mol. The number of methoxy groups -OCH3 is 6. The smallest absolute Gasteiger partial charge is 0.410 e. The van der Waals surface area contributed by atoms with Gasteiger partial charge in [-0.3, -0.25) is 4.90 Å². The van der Waals surface area contributed by atoms with Gasteiger partial charge < -0.3 is 47.9 Å². The maximum absolute atomic E-state index is 12.4. The first-order chi connectivity index (χ1) is 29.4. The van der Waals surface area contributed by atoms with E-state index in [1.165, 1.54) is 7.11 Å². The fourth-order valence-corrected chi connectivity index (χ4v) is 6.83. The van der Waals surface area contributed by atoms with E-state index in [0.717, 1.165) is 23.1 Å². The molecular formula is C44H59N7O10. The van der Waals surface area contributed by atoms with E-state index in [1.807, 2.05) is 63.2 Å². The molecule has 3 aromatic heterocycles. The van der Waals surface area contributed by atoms with E-state index in [9.17, 15) is 9.90 Å². The van der Waals surface area contributed by atoms with Gasteiger partial charge in [0.15, 0.2) is 11.5 Å². The Morgan fingerprint density at radius 3 is 2.00 bits per heavy atom. The summed E-state index contributed by atoms with van der Waals surface area (Å²) in [5.41, 5.74) is 3.18. The number of pyridine rings is 1. The van der Waals surface area contributed by atoms with Crippen LogP contribution in [0.25, 0.3) is 5.65 Å². The van der Waals surface area contributed by atoms with Crippen molar-refractivity contribution in [2.45, 2.75) is 78.1 Å². The molecule has 1 amide bonds. The van der Waals surface area contributed by atoms with Crippen LogP contribution < -0.4 is 38.1 Å². The number of aliphatic hydroxyl groups excluding tert-OH is 1. The number of carbonyl (C=O) groups is 1. The largest absolute Gasteiger partial charge is 0.497 e. The van der Waals surface area contributed by atoms with Gasteiger partial charge in [0, 0.05) is 73.0 Å². The van der Waals surface area contributed by atoms with Gasteiger partial charge >= 0.3 is 12.1 Å². The van der Waals surface area contributed by atoms with Crippen LogP contribution in [0.3, 0.4) is 0 Å². The van der Waals surface area contributed by atoms with Crippen LogP contribution in [-0.2, 0) is 24.2 Å². The van der Waals surface area contributed by atoms with Crippen molar-refractivity contribution in [3.05, 3.63) is 77.1 Å². The van der Waals surface area contributed by atoms with Crippen molar-refractivity contribution >= 4 is 17.6 Å². The summed E-state index contributed by atoms with van der Waals surface area (Å²) in [5.74, 6) is 3.74. The standard InChI is InChI=1S/C44H59N7O10/c1-11-12-33(19-21-52)61-42-47-40(49(27-30-13-16-34(54-5)24-36(30)56-7)28-31-14-17-35(55-6)25-37(31)57-8)39-45-26-32(51(39)48-42)23-29-15-18-38(46-41(29)58-9)60-22-20-50(43(53)59-10)44(2,3)4/h13-18,24-26,33,52H,11-12,19-23,27-28H2,1-10H3. The Bertz CT molecular complexity index is 2150. The Hall–Kier alpha value is -6.23. The number of nitrogens with zero attached hydrogens (tertiary/aromatic N) is 7. The molecule has 3 heterocycles. The highest BCUT2D eigenvalue weighted by molar-refractivity contribution is 5.68. The van der Waals surface area contributed by atoms with Crippen LogP contribution in [0.15, 0.2) is 54.7 Å². The van der Waals surface area contributed by atoms with Crippen LogP contribution in [0.4, 0.5) is 10.6 Å². The van der Waals surface area contributed by atoms with Gasteiger partial charge in [0.2, 0.25) is 11.8 Å². The molecule has 1 atom stereocenters. The van der Waals surface area contributed by atoms with Crippen molar-refractivity contribution in [2.24, 2.45) is 0 Å². The number of amides is 1. The fourth-order valence-electron chi connectivity index (χ4n) is 6.83. The van der Waals surface area contributed by atoms with E-state index in [2.05, 4.69) is 16.8 Å². The van der Waals surface area contributed by atoms with Crippen LogP contribution in [0, 0.1) is 0 Å². The van der Waals surface area contributed by atoms with Crippen LogP contribution in [0.1, 0.15) is 69.3 Å². The number of carbonyl (C=O) groups excluding carboxylic acids is 1. The molecule has 330 valence electrons. The molecule has 5 aromatic rings. The van der Waals surface area contributed by atoms with E-state index in [4.69, 9.17) is 53.0 Å². The predicted molar refractivity (Wildman–Crippen MR) is 229 cm³/mol. The molecule has 5 rings (SSSR count). The highest BCUT2D eigenvalue weighted by atomic mass is 16.5. The predicted octanol–water partition coefficient (Wildman–Crippen LogP) is 6.54. The third-order valence-corrected chi connectivity index (χ3v) is 9.99. The van der Waals surface area contributed by atoms with E-state index >= 15 is 0 Å². The molecule has 17 nitrogen and oxygen atoms in total. The van der Waals surface area contributed by atoms with Crippen LogP contribution in [0.5, 0.6) is 40.8 Å². The molecule has 0 radical (unpaired) electrons. The minimum absolute atomic E-state index is 0.0522. The zero-order valence-corrected chi connectivity index (χ0v) is 36.9. The lowest BCUT2D eigenvalue weighted by Gasteiger charge is -2.34. The normalized spacial score (nSPS) is 11.8. The number of anilines is 1. The zero-order chi connectivity index (χ0) is 44.1. The average molecular weight is 846 g/mol. The van der Waals surface area contributed by atoms with E-state index < -0.39 is 11.6 Å². The number of imidazole rings is 1. The summed E-state index contributed by atoms with van der Waals surface area (Å²) in [7, 11) is 9.36. The fraction of sp³-hybridized carbons (Fsp3) is 0.477. The minimum Gasteiger partial charge on any atom is -0.497 e. The molecule has 0 aliphatic carbocycles. The Kier molecular flexibility index (Phi) is 16.0. The average Bonchev–Trinajstić information content (AvgIpc) is 3.66. The number of fused-ring (bicyclic) bond motifs is 1. The molecule has 0 aliphatic rings. The van der Waals surface area contributed by atoms with E-state index in [0.29, 0.717) is 90.8 Å². The number of hydrogen-bond donors (Lipinski definition) is 1. The summed E-state index contributed by atoms with van der Waals surface area (Å²) in [6.07, 6.45) is 3.23. The SMILES string of the molecule is CCCC(CCO)Oc1nc(N(Cc2ccc(OC)cc2OC)Cc2ccc(OC)cc2OC)c2ncc(Cc3ccc(OCCN(C(=O)OC)C(C)(C)C)nc3OC)n2n1. The topological polar surface area (TPSA) is 174 Å². The second kappa shape index (κ2) is 21.3. The maximum atomic E-state index is 12.4. The number of aliphatic hydroxyl groups is 1. The maximum Gasteiger partial charge on any atom is 0.410 e. The molecular weight excluding hydrogens is 787 g/mol. The highest BCUT2D eigenvalue weighted by Gasteiger charge is 2.28. The molecule has 0 saturated heterocycles. The second-order valence-corrected chi connectivity index (χ2v) is 15.1. The molecule has 0 bridgehead atoms. The van der Waals surface area contributed by atoms with Crippen molar-refractivity contribution in [3.63, 3.8) is 0 Å². The molecule has 1 unspecified atom stereocenters. The molecule has 0 saturated carbocycles. The molecule has 0 spiro atoms. The molecule has 0 aliphatic heterocycles. The van der Waals surface area contributed by atoms with Gasteiger partial charge in [0.25, 0.3) is 0 Å². The molecule has 17 heteroatoms. The summed E-state index contributed by atoms with van der Waals surface area (Å²) in [5, 5.41) is 14.8. The summed E-state index contributed by atoms with van der Waals surface area (Å²) in [6, 6.07) is 15.1. The number of rotatable bonds is 22. The molecule has 2 aromatic carbocycles. The summed E-state index contributed by atoms with van der Waals surface area (Å²) in [4.78, 5) is 30.6. The van der Waals surface area contributed by atoms with Gasteiger partial charge in [0.1, 0.15) is 35.7 Å². The lowest BCUT2D eigenvalue weighted by atomic mass is 10.1. The first-order valence-corrected chi connectivity index (χ1v) is 20.1. The quantitative estimate of drug-likeness (QED) is 0.0796. The number of benzene rings is 2. The number of aromatic nitrogens is 5. The molecule has 61 heavy (non-hydrogen) atoms. The summed E-state index contributed by atoms with van der Waals surface area (Å²) >= 11 is 0.